The molecule has 59 heavy (non-hydrogen) atoms. The Morgan fingerprint density at radius 1 is 0.322 bits per heavy atom. The zero-order valence-corrected chi connectivity index (χ0v) is 31.5. The van der Waals surface area contributed by atoms with Crippen molar-refractivity contribution in [3.63, 3.8) is 0 Å². The van der Waals surface area contributed by atoms with Gasteiger partial charge in [-0.25, -0.2) is 18.7 Å². The normalized spacial score (nSPS) is 14.8. The van der Waals surface area contributed by atoms with Crippen molar-refractivity contribution in [2.45, 2.75) is 10.8 Å². The number of para-hydroxylation sites is 1. The fraction of sp³-hybridized carbons (Fsp3) is 0.0370. The first-order chi connectivity index (χ1) is 29.1. The van der Waals surface area contributed by atoms with Gasteiger partial charge < -0.3 is 0 Å². The van der Waals surface area contributed by atoms with Crippen LogP contribution in [0.2, 0.25) is 0 Å². The van der Waals surface area contributed by atoms with Crippen LogP contribution < -0.4 is 4.90 Å². The first-order valence-electron chi connectivity index (χ1n) is 20.0. The Labute approximate surface area is 339 Å². The van der Waals surface area contributed by atoms with Crippen LogP contribution in [0.5, 0.6) is 0 Å². The Morgan fingerprint density at radius 3 is 1.03 bits per heavy atom. The van der Waals surface area contributed by atoms with E-state index >= 15 is 0 Å². The van der Waals surface area contributed by atoms with Crippen molar-refractivity contribution in [2.24, 2.45) is 0 Å². The van der Waals surface area contributed by atoms with Crippen molar-refractivity contribution in [1.82, 2.24) is 9.97 Å². The molecule has 5 heteroatoms. The number of anilines is 3. The van der Waals surface area contributed by atoms with Gasteiger partial charge in [-0.15, -0.1) is 0 Å². The maximum absolute atomic E-state index is 14.4. The molecular weight excluding hydrogens is 729 g/mol. The summed E-state index contributed by atoms with van der Waals surface area (Å²) in [6.07, 6.45) is 0. The molecule has 7 aromatic carbocycles. The van der Waals surface area contributed by atoms with Gasteiger partial charge in [0.15, 0.2) is 0 Å². The Kier molecular flexibility index (Phi) is 6.38. The predicted octanol–water partition coefficient (Wildman–Crippen LogP) is 12.9. The molecule has 0 amide bonds. The van der Waals surface area contributed by atoms with Gasteiger partial charge in [0.2, 0.25) is 0 Å². The third kappa shape index (κ3) is 3.99. The lowest BCUT2D eigenvalue weighted by atomic mass is 9.60. The smallest absolute Gasteiger partial charge is 0.144 e. The van der Waals surface area contributed by atoms with Crippen LogP contribution in [0.25, 0.3) is 44.8 Å². The SMILES string of the molecule is Fc1ccc(-c2ccc3c(n2)N2c4nc(-c5ccc(F)cc5)ccc4C4(c5ccccc5-c5ccccc54)c4cccc(c42)C32c3ccccc3-c3ccccc32)cc1. The van der Waals surface area contributed by atoms with E-state index in [-0.39, 0.29) is 11.6 Å². The van der Waals surface area contributed by atoms with E-state index in [0.717, 1.165) is 62.1 Å². The molecule has 13 rings (SSSR count). The Bertz CT molecular complexity index is 2950. The highest BCUT2D eigenvalue weighted by atomic mass is 19.1. The first-order valence-corrected chi connectivity index (χ1v) is 20.0. The van der Waals surface area contributed by atoms with Crippen LogP contribution in [-0.4, -0.2) is 9.97 Å². The van der Waals surface area contributed by atoms with E-state index in [4.69, 9.17) is 9.97 Å². The maximum Gasteiger partial charge on any atom is 0.144 e. The lowest BCUT2D eigenvalue weighted by Gasteiger charge is -2.50. The summed E-state index contributed by atoms with van der Waals surface area (Å²) >= 11 is 0. The fourth-order valence-corrected chi connectivity index (χ4v) is 11.0. The summed E-state index contributed by atoms with van der Waals surface area (Å²) < 4.78 is 28.7. The van der Waals surface area contributed by atoms with Crippen molar-refractivity contribution in [3.05, 3.63) is 244 Å². The number of aromatic nitrogens is 2. The second-order valence-electron chi connectivity index (χ2n) is 15.9. The molecule has 2 aliphatic carbocycles. The average molecular weight is 760 g/mol. The van der Waals surface area contributed by atoms with Crippen LogP contribution in [0.1, 0.15) is 44.5 Å². The molecule has 0 bridgehead atoms. The zero-order valence-electron chi connectivity index (χ0n) is 31.5. The number of hydrogen-bond acceptors (Lipinski definition) is 3. The molecule has 0 saturated carbocycles. The average Bonchev–Trinajstić information content (AvgIpc) is 3.75. The molecule has 0 unspecified atom stereocenters. The van der Waals surface area contributed by atoms with Crippen LogP contribution in [-0.2, 0) is 10.8 Å². The molecule has 2 spiro atoms. The highest BCUT2D eigenvalue weighted by molar-refractivity contribution is 6.01. The largest absolute Gasteiger partial charge is 0.278 e. The third-order valence-corrected chi connectivity index (χ3v) is 13.2. The number of rotatable bonds is 2. The first kappa shape index (κ1) is 32.6. The van der Waals surface area contributed by atoms with Crippen LogP contribution in [0.3, 0.4) is 0 Å². The van der Waals surface area contributed by atoms with E-state index in [1.807, 2.05) is 0 Å². The van der Waals surface area contributed by atoms with Crippen molar-refractivity contribution < 1.29 is 8.78 Å². The standard InChI is InChI=1S/C54H31F2N3/c55-34-24-20-32(21-25-34)48-30-28-46-51(57-48)59-50-44(53(46)40-14-5-1-10-36(40)37-11-2-6-15-41(37)53)18-9-19-45(50)54(42-16-7-3-12-38(42)39-13-4-8-17-43(39)54)47-29-31-49(58-52(47)59)33-22-26-35(56)27-23-33/h1-31H. The summed E-state index contributed by atoms with van der Waals surface area (Å²) in [5, 5.41) is 0. The van der Waals surface area contributed by atoms with E-state index in [1.165, 1.54) is 68.8 Å². The topological polar surface area (TPSA) is 29.0 Å². The molecule has 2 aliphatic heterocycles. The van der Waals surface area contributed by atoms with Crippen LogP contribution in [0, 0.1) is 11.6 Å². The summed E-state index contributed by atoms with van der Waals surface area (Å²) in [7, 11) is 0. The lowest BCUT2D eigenvalue weighted by Crippen LogP contribution is -2.43. The van der Waals surface area contributed by atoms with Gasteiger partial charge in [0.1, 0.15) is 23.3 Å². The third-order valence-electron chi connectivity index (χ3n) is 13.2. The van der Waals surface area contributed by atoms with Crippen LogP contribution in [0.15, 0.2) is 188 Å². The molecule has 4 aliphatic rings. The molecule has 9 aromatic rings. The fourth-order valence-electron chi connectivity index (χ4n) is 11.0. The van der Waals surface area contributed by atoms with Gasteiger partial charge in [0, 0.05) is 22.3 Å². The second-order valence-corrected chi connectivity index (χ2v) is 15.9. The minimum absolute atomic E-state index is 0.298. The number of hydrogen-bond donors (Lipinski definition) is 0. The molecule has 276 valence electrons. The van der Waals surface area contributed by atoms with E-state index < -0.39 is 10.8 Å². The molecule has 0 fully saturated rings. The number of benzene rings is 7. The highest BCUT2D eigenvalue weighted by Gasteiger charge is 2.59. The van der Waals surface area contributed by atoms with Crippen LogP contribution in [0.4, 0.5) is 26.1 Å². The minimum Gasteiger partial charge on any atom is -0.278 e. The van der Waals surface area contributed by atoms with Gasteiger partial charge in [0.25, 0.3) is 0 Å². The molecule has 0 N–H and O–H groups in total. The van der Waals surface area contributed by atoms with Gasteiger partial charge in [-0.05, 0) is 116 Å². The Morgan fingerprint density at radius 2 is 0.661 bits per heavy atom. The lowest BCUT2D eigenvalue weighted by molar-refractivity contribution is 0.627. The monoisotopic (exact) mass is 759 g/mol. The van der Waals surface area contributed by atoms with Gasteiger partial charge >= 0.3 is 0 Å². The van der Waals surface area contributed by atoms with Crippen molar-refractivity contribution in [1.29, 1.82) is 0 Å². The Balaban J connectivity index is 1.23. The van der Waals surface area contributed by atoms with E-state index in [9.17, 15) is 8.78 Å². The molecule has 0 saturated heterocycles. The number of fused-ring (bicyclic) bond motifs is 18. The number of halogens is 2. The van der Waals surface area contributed by atoms with Gasteiger partial charge in [-0.3, -0.25) is 4.90 Å². The molecule has 0 atom stereocenters. The van der Waals surface area contributed by atoms with Gasteiger partial charge in [-0.1, -0.05) is 127 Å². The van der Waals surface area contributed by atoms with Crippen LogP contribution >= 0.6 is 0 Å². The zero-order chi connectivity index (χ0) is 39.0. The van der Waals surface area contributed by atoms with Crippen molar-refractivity contribution in [3.8, 4) is 44.8 Å². The molecule has 3 nitrogen and oxygen atoms in total. The summed E-state index contributed by atoms with van der Waals surface area (Å²) in [4.78, 5) is 13.6. The molecule has 0 radical (unpaired) electrons. The van der Waals surface area contributed by atoms with E-state index in [2.05, 4.69) is 144 Å². The molecular formula is C54H31F2N3. The van der Waals surface area contributed by atoms with Crippen molar-refractivity contribution in [2.75, 3.05) is 4.90 Å². The maximum atomic E-state index is 14.4. The van der Waals surface area contributed by atoms with E-state index in [1.54, 1.807) is 24.3 Å². The molecule has 2 aromatic heterocycles. The summed E-state index contributed by atoms with van der Waals surface area (Å²) in [5.74, 6) is 0.928. The van der Waals surface area contributed by atoms with Gasteiger partial charge in [-0.2, -0.15) is 0 Å². The second kappa shape index (κ2) is 11.6. The Hall–Kier alpha value is -7.50. The van der Waals surface area contributed by atoms with E-state index in [0.29, 0.717) is 0 Å². The summed E-state index contributed by atoms with van der Waals surface area (Å²) in [5.41, 5.74) is 16.6. The quantitative estimate of drug-likeness (QED) is 0.176. The highest BCUT2D eigenvalue weighted by Crippen LogP contribution is 2.69. The number of pyridine rings is 2. The summed E-state index contributed by atoms with van der Waals surface area (Å²) in [6, 6.07) is 63.7. The minimum atomic E-state index is -0.733. The predicted molar refractivity (Wildman–Crippen MR) is 229 cm³/mol. The summed E-state index contributed by atoms with van der Waals surface area (Å²) in [6.45, 7) is 0. The van der Waals surface area contributed by atoms with Gasteiger partial charge in [0.05, 0.1) is 27.9 Å². The van der Waals surface area contributed by atoms with Crippen molar-refractivity contribution >= 4 is 17.3 Å². The molecule has 4 heterocycles. The number of nitrogens with zero attached hydrogens (tertiary/aromatic N) is 3.